The highest BCUT2D eigenvalue weighted by Gasteiger charge is 2.18. The Morgan fingerprint density at radius 2 is 2.08 bits per heavy atom. The summed E-state index contributed by atoms with van der Waals surface area (Å²) in [6.45, 7) is 5.97. The van der Waals surface area contributed by atoms with E-state index in [1.54, 1.807) is 29.8 Å². The highest BCUT2D eigenvalue weighted by molar-refractivity contribution is 6.99. The van der Waals surface area contributed by atoms with E-state index >= 15 is 0 Å². The molecule has 0 radical (unpaired) electrons. The molecule has 2 aromatic heterocycles. The number of rotatable bonds is 4. The fourth-order valence-electron chi connectivity index (χ4n) is 2.18. The van der Waals surface area contributed by atoms with Crippen LogP contribution in [0.2, 0.25) is 5.02 Å². The largest absolute Gasteiger partial charge is 0.320 e. The van der Waals surface area contributed by atoms with Crippen molar-refractivity contribution in [3.8, 4) is 0 Å². The predicted molar refractivity (Wildman–Crippen MR) is 92.6 cm³/mol. The number of hydrogen-bond donors (Lipinski definition) is 1. The Bertz CT molecular complexity index is 903. The van der Waals surface area contributed by atoms with Gasteiger partial charge in [-0.15, -0.1) is 5.10 Å². The number of carbonyl (C=O) groups excluding carboxylic acids is 1. The lowest BCUT2D eigenvalue weighted by atomic mass is 10.2. The summed E-state index contributed by atoms with van der Waals surface area (Å²) >= 11 is 7.23. The molecule has 0 atom stereocenters. The van der Waals surface area contributed by atoms with Gasteiger partial charge in [-0.3, -0.25) is 4.79 Å². The first-order chi connectivity index (χ1) is 11.5. The van der Waals surface area contributed by atoms with Crippen LogP contribution in [-0.4, -0.2) is 29.6 Å². The van der Waals surface area contributed by atoms with Crippen molar-refractivity contribution in [2.75, 3.05) is 5.32 Å². The molecule has 7 nitrogen and oxygen atoms in total. The van der Waals surface area contributed by atoms with Crippen molar-refractivity contribution in [3.63, 3.8) is 0 Å². The van der Waals surface area contributed by atoms with Crippen LogP contribution in [-0.2, 0) is 6.54 Å². The van der Waals surface area contributed by atoms with Gasteiger partial charge in [-0.1, -0.05) is 22.9 Å². The summed E-state index contributed by atoms with van der Waals surface area (Å²) in [5.74, 6) is -0.322. The number of amides is 1. The minimum Gasteiger partial charge on any atom is -0.320 e. The molecule has 0 aliphatic carbocycles. The molecule has 1 amide bonds. The van der Waals surface area contributed by atoms with Gasteiger partial charge in [0.15, 0.2) is 5.69 Å². The van der Waals surface area contributed by atoms with Gasteiger partial charge in [0, 0.05) is 10.7 Å². The topological polar surface area (TPSA) is 85.6 Å². The molecule has 0 aliphatic rings. The normalized spacial score (nSPS) is 10.8. The van der Waals surface area contributed by atoms with Gasteiger partial charge in [-0.25, -0.2) is 4.68 Å². The fourth-order valence-corrected chi connectivity index (χ4v) is 2.91. The standard InChI is InChI=1S/C15H15ClN6OS/c1-8-11(16)5-4-6-12(8)17-15(23)14-10(3)22(21-18-14)7-13-9(2)19-24-20-13/h4-6H,7H2,1-3H3,(H,17,23). The van der Waals surface area contributed by atoms with Gasteiger partial charge >= 0.3 is 0 Å². The van der Waals surface area contributed by atoms with Crippen LogP contribution in [0.25, 0.3) is 0 Å². The summed E-state index contributed by atoms with van der Waals surface area (Å²) in [4.78, 5) is 12.5. The van der Waals surface area contributed by atoms with Crippen LogP contribution in [0.3, 0.4) is 0 Å². The summed E-state index contributed by atoms with van der Waals surface area (Å²) in [7, 11) is 0. The molecular weight excluding hydrogens is 348 g/mol. The summed E-state index contributed by atoms with van der Waals surface area (Å²) in [5.41, 5.74) is 4.08. The third kappa shape index (κ3) is 3.15. The van der Waals surface area contributed by atoms with Gasteiger partial charge in [-0.05, 0) is 38.5 Å². The Balaban J connectivity index is 1.81. The molecule has 124 valence electrons. The van der Waals surface area contributed by atoms with Crippen molar-refractivity contribution in [3.05, 3.63) is 51.6 Å². The smallest absolute Gasteiger partial charge is 0.278 e. The summed E-state index contributed by atoms with van der Waals surface area (Å²) in [6, 6.07) is 5.36. The second-order valence-electron chi connectivity index (χ2n) is 5.34. The molecule has 9 heteroatoms. The summed E-state index contributed by atoms with van der Waals surface area (Å²) in [6.07, 6.45) is 0. The molecule has 0 saturated heterocycles. The van der Waals surface area contributed by atoms with E-state index in [4.69, 9.17) is 11.6 Å². The number of aromatic nitrogens is 5. The summed E-state index contributed by atoms with van der Waals surface area (Å²) in [5, 5.41) is 11.5. The van der Waals surface area contributed by atoms with Crippen molar-refractivity contribution < 1.29 is 4.79 Å². The lowest BCUT2D eigenvalue weighted by molar-refractivity contribution is 0.102. The first-order valence-corrected chi connectivity index (χ1v) is 8.32. The fraction of sp³-hybridized carbons (Fsp3) is 0.267. The van der Waals surface area contributed by atoms with Crippen LogP contribution >= 0.6 is 23.3 Å². The third-order valence-corrected chi connectivity index (χ3v) is 4.83. The van der Waals surface area contributed by atoms with Crippen molar-refractivity contribution in [1.29, 1.82) is 0 Å². The van der Waals surface area contributed by atoms with E-state index < -0.39 is 0 Å². The monoisotopic (exact) mass is 362 g/mol. The molecule has 24 heavy (non-hydrogen) atoms. The van der Waals surface area contributed by atoms with Gasteiger partial charge in [-0.2, -0.15) is 8.75 Å². The molecule has 0 aliphatic heterocycles. The van der Waals surface area contributed by atoms with E-state index in [2.05, 4.69) is 24.4 Å². The number of benzene rings is 1. The Morgan fingerprint density at radius 1 is 1.29 bits per heavy atom. The molecule has 0 spiro atoms. The lowest BCUT2D eigenvalue weighted by Crippen LogP contribution is -2.15. The van der Waals surface area contributed by atoms with E-state index in [-0.39, 0.29) is 11.6 Å². The highest BCUT2D eigenvalue weighted by atomic mass is 35.5. The SMILES string of the molecule is Cc1nsnc1Cn1nnc(C(=O)Nc2cccc(Cl)c2C)c1C. The van der Waals surface area contributed by atoms with Crippen molar-refractivity contribution in [2.24, 2.45) is 0 Å². The Kier molecular flexibility index (Phi) is 4.59. The molecule has 0 fully saturated rings. The predicted octanol–water partition coefficient (Wildman–Crippen LogP) is 3.01. The maximum Gasteiger partial charge on any atom is 0.278 e. The number of aryl methyl sites for hydroxylation is 1. The molecule has 1 N–H and O–H groups in total. The zero-order valence-electron chi connectivity index (χ0n) is 13.4. The number of anilines is 1. The molecule has 1 aromatic carbocycles. The van der Waals surface area contributed by atoms with Crippen LogP contribution in [0.5, 0.6) is 0 Å². The zero-order valence-corrected chi connectivity index (χ0v) is 14.9. The number of hydrogen-bond acceptors (Lipinski definition) is 6. The van der Waals surface area contributed by atoms with Crippen LogP contribution in [0.1, 0.15) is 33.1 Å². The van der Waals surface area contributed by atoms with E-state index in [0.717, 1.165) is 28.7 Å². The highest BCUT2D eigenvalue weighted by Crippen LogP contribution is 2.23. The first-order valence-electron chi connectivity index (χ1n) is 7.22. The van der Waals surface area contributed by atoms with Crippen molar-refractivity contribution in [1.82, 2.24) is 23.7 Å². The maximum absolute atomic E-state index is 12.5. The van der Waals surface area contributed by atoms with Gasteiger partial charge < -0.3 is 5.32 Å². The second kappa shape index (κ2) is 6.66. The van der Waals surface area contributed by atoms with Crippen molar-refractivity contribution in [2.45, 2.75) is 27.3 Å². The zero-order chi connectivity index (χ0) is 17.3. The van der Waals surface area contributed by atoms with E-state index in [1.165, 1.54) is 0 Å². The van der Waals surface area contributed by atoms with Gasteiger partial charge in [0.25, 0.3) is 5.91 Å². The Morgan fingerprint density at radius 3 is 2.79 bits per heavy atom. The second-order valence-corrected chi connectivity index (χ2v) is 6.28. The molecular formula is C15H15ClN6OS. The average Bonchev–Trinajstić information content (AvgIpc) is 3.11. The molecule has 3 aromatic rings. The number of carbonyl (C=O) groups is 1. The Labute approximate surface area is 148 Å². The first kappa shape index (κ1) is 16.5. The molecule has 0 saturated carbocycles. The van der Waals surface area contributed by atoms with E-state index in [1.807, 2.05) is 13.8 Å². The number of halogens is 1. The Hall–Kier alpha value is -2.32. The number of nitrogens with zero attached hydrogens (tertiary/aromatic N) is 5. The number of nitrogens with one attached hydrogen (secondary N) is 1. The lowest BCUT2D eigenvalue weighted by Gasteiger charge is -2.08. The minimum atomic E-state index is -0.322. The van der Waals surface area contributed by atoms with Gasteiger partial charge in [0.2, 0.25) is 0 Å². The minimum absolute atomic E-state index is 0.273. The quantitative estimate of drug-likeness (QED) is 0.771. The third-order valence-electron chi connectivity index (χ3n) is 3.76. The molecule has 0 unspecified atom stereocenters. The van der Waals surface area contributed by atoms with Crippen LogP contribution in [0.15, 0.2) is 18.2 Å². The van der Waals surface area contributed by atoms with Crippen LogP contribution < -0.4 is 5.32 Å². The molecule has 2 heterocycles. The summed E-state index contributed by atoms with van der Waals surface area (Å²) < 4.78 is 10.00. The average molecular weight is 363 g/mol. The van der Waals surface area contributed by atoms with Gasteiger partial charge in [0.1, 0.15) is 0 Å². The van der Waals surface area contributed by atoms with E-state index in [9.17, 15) is 4.79 Å². The van der Waals surface area contributed by atoms with Gasteiger partial charge in [0.05, 0.1) is 35.4 Å². The van der Waals surface area contributed by atoms with Crippen LogP contribution in [0.4, 0.5) is 5.69 Å². The van der Waals surface area contributed by atoms with Crippen LogP contribution in [0, 0.1) is 20.8 Å². The maximum atomic E-state index is 12.5. The van der Waals surface area contributed by atoms with E-state index in [0.29, 0.717) is 22.9 Å². The molecule has 3 rings (SSSR count). The molecule has 0 bridgehead atoms. The van der Waals surface area contributed by atoms with Crippen molar-refractivity contribution >= 4 is 34.9 Å².